The van der Waals surface area contributed by atoms with Gasteiger partial charge >= 0.3 is 6.36 Å². The number of aromatic amines is 1. The van der Waals surface area contributed by atoms with E-state index in [-0.39, 0.29) is 11.8 Å². The highest BCUT2D eigenvalue weighted by molar-refractivity contribution is 7.10. The van der Waals surface area contributed by atoms with E-state index in [1.54, 1.807) is 23.5 Å². The lowest BCUT2D eigenvalue weighted by Gasteiger charge is -2.36. The molecule has 0 saturated carbocycles. The molecule has 0 radical (unpaired) electrons. The van der Waals surface area contributed by atoms with Crippen molar-refractivity contribution >= 4 is 11.3 Å². The normalized spacial score (nSPS) is 17.9. The molecule has 136 valence electrons. The summed E-state index contributed by atoms with van der Waals surface area (Å²) >= 11 is 1.74. The van der Waals surface area contributed by atoms with Crippen LogP contribution in [0.3, 0.4) is 0 Å². The first-order valence-corrected chi connectivity index (χ1v) is 9.16. The van der Waals surface area contributed by atoms with E-state index in [1.807, 2.05) is 18.3 Å². The zero-order chi connectivity index (χ0) is 18.1. The molecule has 0 aliphatic carbocycles. The van der Waals surface area contributed by atoms with Crippen LogP contribution in [0.2, 0.25) is 0 Å². The second kappa shape index (κ2) is 6.81. The van der Waals surface area contributed by atoms with Gasteiger partial charge in [0.2, 0.25) is 0 Å². The molecule has 26 heavy (non-hydrogen) atoms. The Morgan fingerprint density at radius 2 is 1.96 bits per heavy atom. The van der Waals surface area contributed by atoms with Crippen LogP contribution in [0.25, 0.3) is 0 Å². The molecule has 0 saturated heterocycles. The first-order chi connectivity index (χ1) is 12.5. The molecule has 0 spiro atoms. The molecule has 3 nitrogen and oxygen atoms in total. The average Bonchev–Trinajstić information content (AvgIpc) is 3.25. The summed E-state index contributed by atoms with van der Waals surface area (Å²) in [5.41, 5.74) is 3.31. The fourth-order valence-electron chi connectivity index (χ4n) is 3.47. The molecule has 1 atom stereocenters. The highest BCUT2D eigenvalue weighted by atomic mass is 32.1. The summed E-state index contributed by atoms with van der Waals surface area (Å²) in [7, 11) is 0. The zero-order valence-corrected chi connectivity index (χ0v) is 14.6. The van der Waals surface area contributed by atoms with Crippen LogP contribution in [0, 0.1) is 0 Å². The average molecular weight is 378 g/mol. The van der Waals surface area contributed by atoms with Crippen molar-refractivity contribution < 1.29 is 17.9 Å². The molecular weight excluding hydrogens is 361 g/mol. The molecule has 1 N–H and O–H groups in total. The van der Waals surface area contributed by atoms with Crippen LogP contribution in [0.5, 0.6) is 5.75 Å². The number of nitrogens with one attached hydrogen (secondary N) is 1. The van der Waals surface area contributed by atoms with Gasteiger partial charge in [0.25, 0.3) is 0 Å². The van der Waals surface area contributed by atoms with E-state index in [1.165, 1.54) is 22.6 Å². The lowest BCUT2D eigenvalue weighted by molar-refractivity contribution is -0.274. The predicted molar refractivity (Wildman–Crippen MR) is 94.2 cm³/mol. The van der Waals surface area contributed by atoms with Crippen molar-refractivity contribution in [2.75, 3.05) is 6.54 Å². The van der Waals surface area contributed by atoms with Crippen molar-refractivity contribution in [2.45, 2.75) is 25.4 Å². The minimum atomic E-state index is -4.67. The van der Waals surface area contributed by atoms with E-state index in [2.05, 4.69) is 26.1 Å². The Kier molecular flexibility index (Phi) is 4.50. The number of hydrogen-bond acceptors (Lipinski definition) is 3. The number of aromatic nitrogens is 1. The highest BCUT2D eigenvalue weighted by Gasteiger charge is 2.32. The Morgan fingerprint density at radius 3 is 2.65 bits per heavy atom. The fraction of sp³-hybridized carbons (Fsp3) is 0.263. The smallest absolute Gasteiger partial charge is 0.406 e. The summed E-state index contributed by atoms with van der Waals surface area (Å²) in [6.45, 7) is 1.66. The second-order valence-corrected chi connectivity index (χ2v) is 7.23. The predicted octanol–water partition coefficient (Wildman–Crippen LogP) is 5.12. The Labute approximate surface area is 153 Å². The van der Waals surface area contributed by atoms with E-state index >= 15 is 0 Å². The van der Waals surface area contributed by atoms with E-state index in [0.717, 1.165) is 30.8 Å². The Hall–Kier alpha value is -2.25. The van der Waals surface area contributed by atoms with Gasteiger partial charge in [0.05, 0.1) is 6.04 Å². The Morgan fingerprint density at radius 1 is 1.15 bits per heavy atom. The molecule has 1 aliphatic rings. The quantitative estimate of drug-likeness (QED) is 0.682. The maximum absolute atomic E-state index is 12.4. The minimum absolute atomic E-state index is 0.0215. The molecule has 7 heteroatoms. The Balaban J connectivity index is 1.64. The number of fused-ring (bicyclic) bond motifs is 1. The van der Waals surface area contributed by atoms with Gasteiger partial charge in [-0.05, 0) is 53.3 Å². The number of nitrogens with zero attached hydrogens (tertiary/aromatic N) is 1. The molecule has 1 unspecified atom stereocenters. The topological polar surface area (TPSA) is 28.3 Å². The van der Waals surface area contributed by atoms with Crippen LogP contribution in [-0.2, 0) is 13.0 Å². The van der Waals surface area contributed by atoms with Crippen LogP contribution < -0.4 is 4.74 Å². The third-order valence-electron chi connectivity index (χ3n) is 4.53. The van der Waals surface area contributed by atoms with E-state index in [4.69, 9.17) is 0 Å². The molecule has 4 rings (SSSR count). The summed E-state index contributed by atoms with van der Waals surface area (Å²) in [6.07, 6.45) is -1.79. The number of ether oxygens (including phenoxy) is 1. The van der Waals surface area contributed by atoms with Crippen LogP contribution in [0.4, 0.5) is 13.2 Å². The van der Waals surface area contributed by atoms with Gasteiger partial charge in [-0.25, -0.2) is 0 Å². The van der Waals surface area contributed by atoms with Gasteiger partial charge in [-0.15, -0.1) is 24.5 Å². The van der Waals surface area contributed by atoms with Gasteiger partial charge < -0.3 is 9.72 Å². The van der Waals surface area contributed by atoms with Gasteiger partial charge in [0, 0.05) is 29.9 Å². The lowest BCUT2D eigenvalue weighted by Crippen LogP contribution is -2.35. The van der Waals surface area contributed by atoms with Crippen molar-refractivity contribution in [3.8, 4) is 5.75 Å². The van der Waals surface area contributed by atoms with E-state index in [0.29, 0.717) is 0 Å². The molecule has 2 aromatic heterocycles. The highest BCUT2D eigenvalue weighted by Crippen LogP contribution is 2.39. The molecule has 1 aromatic carbocycles. The number of H-pyrrole nitrogens is 1. The van der Waals surface area contributed by atoms with Crippen molar-refractivity contribution in [1.82, 2.24) is 9.88 Å². The second-order valence-electron chi connectivity index (χ2n) is 6.23. The van der Waals surface area contributed by atoms with Gasteiger partial charge in [0.15, 0.2) is 0 Å². The van der Waals surface area contributed by atoms with E-state index in [9.17, 15) is 13.2 Å². The molecule has 3 heterocycles. The number of benzene rings is 1. The number of alkyl halides is 3. The van der Waals surface area contributed by atoms with Gasteiger partial charge in [0.1, 0.15) is 5.75 Å². The van der Waals surface area contributed by atoms with Crippen LogP contribution in [-0.4, -0.2) is 22.8 Å². The maximum Gasteiger partial charge on any atom is 0.573 e. The number of thiophene rings is 1. The first-order valence-electron chi connectivity index (χ1n) is 8.28. The Bertz CT molecular complexity index is 856. The SMILES string of the molecule is FC(F)(F)Oc1ccc(C2c3ccsc3CCN2Cc2ccc[nH]2)cc1. The summed E-state index contributed by atoms with van der Waals surface area (Å²) in [6, 6.07) is 12.4. The van der Waals surface area contributed by atoms with Crippen LogP contribution >= 0.6 is 11.3 Å². The first kappa shape index (κ1) is 17.2. The van der Waals surface area contributed by atoms with Gasteiger partial charge in [-0.1, -0.05) is 12.1 Å². The van der Waals surface area contributed by atoms with E-state index < -0.39 is 6.36 Å². The third kappa shape index (κ3) is 3.64. The van der Waals surface area contributed by atoms with Crippen molar-refractivity contribution in [3.63, 3.8) is 0 Å². The molecule has 0 amide bonds. The van der Waals surface area contributed by atoms with Crippen LogP contribution in [0.15, 0.2) is 54.0 Å². The largest absolute Gasteiger partial charge is 0.573 e. The minimum Gasteiger partial charge on any atom is -0.406 e. The summed E-state index contributed by atoms with van der Waals surface area (Å²) in [5, 5.41) is 2.08. The summed E-state index contributed by atoms with van der Waals surface area (Å²) in [5.74, 6) is -0.196. The zero-order valence-electron chi connectivity index (χ0n) is 13.8. The molecule has 1 aliphatic heterocycles. The van der Waals surface area contributed by atoms with Crippen molar-refractivity contribution in [2.24, 2.45) is 0 Å². The number of rotatable bonds is 4. The lowest BCUT2D eigenvalue weighted by atomic mass is 9.93. The van der Waals surface area contributed by atoms with Crippen molar-refractivity contribution in [3.05, 3.63) is 75.7 Å². The molecule has 0 bridgehead atoms. The number of hydrogen-bond donors (Lipinski definition) is 1. The summed E-state index contributed by atoms with van der Waals surface area (Å²) in [4.78, 5) is 6.91. The maximum atomic E-state index is 12.4. The third-order valence-corrected chi connectivity index (χ3v) is 5.53. The molecular formula is C19H17F3N2OS. The van der Waals surface area contributed by atoms with Gasteiger partial charge in [-0.3, -0.25) is 4.90 Å². The van der Waals surface area contributed by atoms with Gasteiger partial charge in [-0.2, -0.15) is 0 Å². The van der Waals surface area contributed by atoms with Crippen LogP contribution in [0.1, 0.15) is 27.7 Å². The molecule has 3 aromatic rings. The standard InChI is InChI=1S/C19H17F3N2OS/c20-19(21,22)25-15-5-3-13(4-6-15)18-16-8-11-26-17(16)7-10-24(18)12-14-2-1-9-23-14/h1-6,8-9,11,18,23H,7,10,12H2. The monoisotopic (exact) mass is 378 g/mol. The van der Waals surface area contributed by atoms with Crippen molar-refractivity contribution in [1.29, 1.82) is 0 Å². The summed E-state index contributed by atoms with van der Waals surface area (Å²) < 4.78 is 41.2. The fourth-order valence-corrected chi connectivity index (χ4v) is 4.37. The number of halogens is 3. The molecule has 0 fully saturated rings.